The minimum absolute atomic E-state index is 0.0444. The van der Waals surface area contributed by atoms with Gasteiger partial charge in [0.1, 0.15) is 5.69 Å². The van der Waals surface area contributed by atoms with E-state index in [9.17, 15) is 4.79 Å². The van der Waals surface area contributed by atoms with Crippen molar-refractivity contribution in [3.63, 3.8) is 0 Å². The van der Waals surface area contributed by atoms with Crippen LogP contribution in [0.25, 0.3) is 11.3 Å². The van der Waals surface area contributed by atoms with Crippen LogP contribution in [0.2, 0.25) is 0 Å². The zero-order valence-corrected chi connectivity index (χ0v) is 20.7. The number of allylic oxidation sites excluding steroid dienone is 5. The number of hydrogen-bond donors (Lipinski definition) is 0. The van der Waals surface area contributed by atoms with E-state index in [1.54, 1.807) is 11.0 Å². The van der Waals surface area contributed by atoms with Crippen molar-refractivity contribution in [2.45, 2.75) is 41.2 Å². The highest BCUT2D eigenvalue weighted by molar-refractivity contribution is 5.99. The van der Waals surface area contributed by atoms with Crippen LogP contribution in [-0.2, 0) is 6.54 Å². The van der Waals surface area contributed by atoms with E-state index in [1.165, 1.54) is 5.56 Å². The summed E-state index contributed by atoms with van der Waals surface area (Å²) >= 11 is 0. The predicted molar refractivity (Wildman–Crippen MR) is 140 cm³/mol. The van der Waals surface area contributed by atoms with Gasteiger partial charge < -0.3 is 4.90 Å². The van der Waals surface area contributed by atoms with E-state index in [2.05, 4.69) is 37.8 Å². The fourth-order valence-corrected chi connectivity index (χ4v) is 3.34. The molecule has 0 fully saturated rings. The fourth-order valence-electron chi connectivity index (χ4n) is 3.34. The van der Waals surface area contributed by atoms with E-state index in [4.69, 9.17) is 5.10 Å². The number of aryl methyl sites for hydroxylation is 1. The summed E-state index contributed by atoms with van der Waals surface area (Å²) in [5, 5.41) is 4.77. The normalized spacial score (nSPS) is 11.2. The maximum absolute atomic E-state index is 13.4. The molecule has 1 heterocycles. The van der Waals surface area contributed by atoms with Gasteiger partial charge in [0.05, 0.1) is 16.9 Å². The van der Waals surface area contributed by atoms with Crippen molar-refractivity contribution in [2.24, 2.45) is 0 Å². The number of nitrogens with zero attached hydrogens (tertiary/aromatic N) is 3. The van der Waals surface area contributed by atoms with E-state index in [1.807, 2.05) is 88.0 Å². The van der Waals surface area contributed by atoms with Crippen LogP contribution in [0, 0.1) is 13.8 Å². The van der Waals surface area contributed by atoms with Crippen LogP contribution in [0.1, 0.15) is 53.6 Å². The molecule has 33 heavy (non-hydrogen) atoms. The minimum Gasteiger partial charge on any atom is -0.337 e. The SMILES string of the molecule is C/C=C\C.C=C/C=C(\C)c1nn(-c2ccccc2)c(C)c1C(=O)N(C)Cc1ccc(C)cc1. The summed E-state index contributed by atoms with van der Waals surface area (Å²) < 4.78 is 1.84. The van der Waals surface area contributed by atoms with Gasteiger partial charge in [-0.15, -0.1) is 0 Å². The molecule has 0 saturated carbocycles. The van der Waals surface area contributed by atoms with Gasteiger partial charge in [-0.25, -0.2) is 4.68 Å². The summed E-state index contributed by atoms with van der Waals surface area (Å²) in [4.78, 5) is 15.2. The Balaban J connectivity index is 0.000000890. The van der Waals surface area contributed by atoms with Crippen LogP contribution in [0.3, 0.4) is 0 Å². The monoisotopic (exact) mass is 441 g/mol. The highest BCUT2D eigenvalue weighted by Crippen LogP contribution is 2.25. The smallest absolute Gasteiger partial charge is 0.258 e. The van der Waals surface area contributed by atoms with Crippen molar-refractivity contribution in [1.29, 1.82) is 0 Å². The standard InChI is InChI=1S/C25H27N3O.C4H8/c1-6-10-19(3)24-23(20(4)28(26-24)22-11-8-7-9-12-22)25(29)27(5)17-21-15-13-18(2)14-16-21;1-3-4-2/h6-16H,1,17H2,2-5H3;3-4H,1-2H3/b19-10+;4-3-. The fraction of sp³-hybridized carbons (Fsp3) is 0.241. The van der Waals surface area contributed by atoms with Gasteiger partial charge >= 0.3 is 0 Å². The van der Waals surface area contributed by atoms with Gasteiger partial charge in [0.25, 0.3) is 5.91 Å². The second-order valence-corrected chi connectivity index (χ2v) is 7.96. The second kappa shape index (κ2) is 12.4. The van der Waals surface area contributed by atoms with Crippen molar-refractivity contribution in [1.82, 2.24) is 14.7 Å². The van der Waals surface area contributed by atoms with Gasteiger partial charge in [0.15, 0.2) is 0 Å². The average molecular weight is 442 g/mol. The van der Waals surface area contributed by atoms with Crippen molar-refractivity contribution in [3.05, 3.63) is 114 Å². The zero-order chi connectivity index (χ0) is 24.4. The Morgan fingerprint density at radius 1 is 1.03 bits per heavy atom. The Hall–Kier alpha value is -3.66. The van der Waals surface area contributed by atoms with Crippen LogP contribution in [0.5, 0.6) is 0 Å². The highest BCUT2D eigenvalue weighted by atomic mass is 16.2. The summed E-state index contributed by atoms with van der Waals surface area (Å²) in [6.07, 6.45) is 7.60. The third-order valence-electron chi connectivity index (χ3n) is 5.29. The molecule has 172 valence electrons. The number of amides is 1. The van der Waals surface area contributed by atoms with E-state index in [0.29, 0.717) is 17.8 Å². The number of carbonyl (C=O) groups is 1. The molecule has 0 spiro atoms. The highest BCUT2D eigenvalue weighted by Gasteiger charge is 2.25. The van der Waals surface area contributed by atoms with E-state index >= 15 is 0 Å². The maximum atomic E-state index is 13.4. The summed E-state index contributed by atoms with van der Waals surface area (Å²) in [7, 11) is 1.83. The lowest BCUT2D eigenvalue weighted by atomic mass is 10.1. The Labute approximate surface area is 198 Å². The third kappa shape index (κ3) is 6.66. The molecule has 4 nitrogen and oxygen atoms in total. The Kier molecular flexibility index (Phi) is 9.62. The Morgan fingerprint density at radius 2 is 1.64 bits per heavy atom. The van der Waals surface area contributed by atoms with Crippen LogP contribution < -0.4 is 0 Å². The number of para-hydroxylation sites is 1. The van der Waals surface area contributed by atoms with E-state index < -0.39 is 0 Å². The van der Waals surface area contributed by atoms with E-state index in [-0.39, 0.29) is 5.91 Å². The average Bonchev–Trinajstić information content (AvgIpc) is 3.18. The van der Waals surface area contributed by atoms with Gasteiger partial charge in [-0.3, -0.25) is 4.79 Å². The molecule has 0 atom stereocenters. The van der Waals surface area contributed by atoms with Crippen molar-refractivity contribution < 1.29 is 4.79 Å². The molecule has 3 rings (SSSR count). The number of carbonyl (C=O) groups excluding carboxylic acids is 1. The predicted octanol–water partition coefficient (Wildman–Crippen LogP) is 6.93. The van der Waals surface area contributed by atoms with Gasteiger partial charge in [-0.05, 0) is 57.9 Å². The maximum Gasteiger partial charge on any atom is 0.258 e. The van der Waals surface area contributed by atoms with Crippen molar-refractivity contribution in [2.75, 3.05) is 7.05 Å². The summed E-state index contributed by atoms with van der Waals surface area (Å²) in [6.45, 7) is 14.3. The summed E-state index contributed by atoms with van der Waals surface area (Å²) in [6, 6.07) is 18.1. The van der Waals surface area contributed by atoms with Gasteiger partial charge in [0, 0.05) is 13.6 Å². The molecular weight excluding hydrogens is 406 g/mol. The largest absolute Gasteiger partial charge is 0.337 e. The first-order valence-corrected chi connectivity index (χ1v) is 11.2. The molecule has 1 aromatic heterocycles. The Morgan fingerprint density at radius 3 is 2.18 bits per heavy atom. The summed E-state index contributed by atoms with van der Waals surface area (Å²) in [5.41, 5.74) is 6.27. The molecule has 0 unspecified atom stereocenters. The number of hydrogen-bond acceptors (Lipinski definition) is 2. The molecule has 0 N–H and O–H groups in total. The van der Waals surface area contributed by atoms with Gasteiger partial charge in [0.2, 0.25) is 0 Å². The van der Waals surface area contributed by atoms with Crippen LogP contribution >= 0.6 is 0 Å². The van der Waals surface area contributed by atoms with Crippen LogP contribution in [0.15, 0.2) is 85.5 Å². The number of aromatic nitrogens is 2. The molecule has 0 aliphatic rings. The van der Waals surface area contributed by atoms with Gasteiger partial charge in [-0.1, -0.05) is 78.9 Å². The molecule has 0 bridgehead atoms. The lowest BCUT2D eigenvalue weighted by Crippen LogP contribution is -2.27. The third-order valence-corrected chi connectivity index (χ3v) is 5.29. The topological polar surface area (TPSA) is 38.1 Å². The van der Waals surface area contributed by atoms with Crippen molar-refractivity contribution >= 4 is 11.5 Å². The minimum atomic E-state index is -0.0444. The van der Waals surface area contributed by atoms with Crippen LogP contribution in [-0.4, -0.2) is 27.6 Å². The van der Waals surface area contributed by atoms with Crippen molar-refractivity contribution in [3.8, 4) is 5.69 Å². The molecule has 4 heteroatoms. The number of rotatable bonds is 6. The molecule has 2 aromatic carbocycles. The molecule has 1 amide bonds. The first-order valence-electron chi connectivity index (χ1n) is 11.2. The molecule has 0 radical (unpaired) electrons. The molecule has 3 aromatic rings. The van der Waals surface area contributed by atoms with Gasteiger partial charge in [-0.2, -0.15) is 5.10 Å². The van der Waals surface area contributed by atoms with E-state index in [0.717, 1.165) is 22.5 Å². The summed E-state index contributed by atoms with van der Waals surface area (Å²) in [5.74, 6) is -0.0444. The zero-order valence-electron chi connectivity index (χ0n) is 20.7. The number of benzene rings is 2. The van der Waals surface area contributed by atoms with Crippen LogP contribution in [0.4, 0.5) is 0 Å². The second-order valence-electron chi connectivity index (χ2n) is 7.96. The first-order chi connectivity index (χ1) is 15.8. The molecular formula is C29H35N3O. The molecule has 0 aliphatic carbocycles. The quantitative estimate of drug-likeness (QED) is 0.307. The Bertz CT molecular complexity index is 1120. The lowest BCUT2D eigenvalue weighted by Gasteiger charge is -2.18. The molecule has 0 aliphatic heterocycles. The lowest BCUT2D eigenvalue weighted by molar-refractivity contribution is 0.0784. The first kappa shape index (κ1) is 25.6. The molecule has 0 saturated heterocycles.